The van der Waals surface area contributed by atoms with Crippen molar-refractivity contribution < 1.29 is 13.9 Å². The van der Waals surface area contributed by atoms with E-state index in [1.807, 2.05) is 6.92 Å². The number of halogens is 1. The lowest BCUT2D eigenvalue weighted by Gasteiger charge is -2.37. The van der Waals surface area contributed by atoms with Crippen molar-refractivity contribution in [2.75, 3.05) is 14.2 Å². The predicted octanol–water partition coefficient (Wildman–Crippen LogP) is 2.66. The van der Waals surface area contributed by atoms with Gasteiger partial charge in [0, 0.05) is 24.8 Å². The molecule has 1 saturated carbocycles. The number of hydrogen-bond donors (Lipinski definition) is 1. The number of nitrogens with one attached hydrogen (secondary N) is 1. The second-order valence-electron chi connectivity index (χ2n) is 4.80. The predicted molar refractivity (Wildman–Crippen MR) is 68.3 cm³/mol. The van der Waals surface area contributed by atoms with Crippen molar-refractivity contribution in [3.8, 4) is 5.75 Å². The van der Waals surface area contributed by atoms with Gasteiger partial charge in [-0.3, -0.25) is 0 Å². The molecule has 0 aromatic heterocycles. The van der Waals surface area contributed by atoms with Crippen molar-refractivity contribution in [1.82, 2.24) is 5.32 Å². The number of hydrogen-bond acceptors (Lipinski definition) is 3. The van der Waals surface area contributed by atoms with E-state index in [1.54, 1.807) is 20.3 Å². The molecule has 1 aliphatic rings. The van der Waals surface area contributed by atoms with Gasteiger partial charge in [0.25, 0.3) is 0 Å². The van der Waals surface area contributed by atoms with Gasteiger partial charge < -0.3 is 14.8 Å². The van der Waals surface area contributed by atoms with E-state index >= 15 is 0 Å². The summed E-state index contributed by atoms with van der Waals surface area (Å²) in [5, 5.41) is 3.47. The van der Waals surface area contributed by atoms with Crippen LogP contribution >= 0.6 is 0 Å². The van der Waals surface area contributed by atoms with Crippen molar-refractivity contribution in [3.05, 3.63) is 29.6 Å². The van der Waals surface area contributed by atoms with Gasteiger partial charge in [-0.1, -0.05) is 0 Å². The molecule has 18 heavy (non-hydrogen) atoms. The molecule has 0 spiro atoms. The van der Waals surface area contributed by atoms with E-state index in [2.05, 4.69) is 5.32 Å². The molecule has 4 heteroatoms. The first kappa shape index (κ1) is 13.3. The van der Waals surface area contributed by atoms with Gasteiger partial charge in [0.15, 0.2) is 0 Å². The summed E-state index contributed by atoms with van der Waals surface area (Å²) in [6, 6.07) is 5.13. The van der Waals surface area contributed by atoms with Crippen molar-refractivity contribution in [2.45, 2.75) is 38.0 Å². The molecule has 0 saturated heterocycles. The highest BCUT2D eigenvalue weighted by atomic mass is 19.1. The van der Waals surface area contributed by atoms with Gasteiger partial charge in [-0.2, -0.15) is 0 Å². The molecule has 0 radical (unpaired) electrons. The largest absolute Gasteiger partial charge is 0.496 e. The van der Waals surface area contributed by atoms with Crippen LogP contribution in [-0.2, 0) is 4.74 Å². The van der Waals surface area contributed by atoms with Gasteiger partial charge in [-0.15, -0.1) is 0 Å². The molecule has 0 bridgehead atoms. The number of ether oxygens (including phenoxy) is 2. The molecular formula is C14H20FNO2. The Morgan fingerprint density at radius 1 is 1.33 bits per heavy atom. The SMILES string of the molecule is COc1ccc(F)cc1C(C)NC1CC(OC)C1. The first-order chi connectivity index (χ1) is 8.63. The zero-order valence-electron chi connectivity index (χ0n) is 11.1. The molecule has 1 N–H and O–H groups in total. The Morgan fingerprint density at radius 2 is 2.06 bits per heavy atom. The van der Waals surface area contributed by atoms with E-state index in [4.69, 9.17) is 9.47 Å². The fourth-order valence-electron chi connectivity index (χ4n) is 2.38. The standard InChI is InChI=1S/C14H20FNO2/c1-9(16-11-7-12(8-11)17-2)13-6-10(15)4-5-14(13)18-3/h4-6,9,11-12,16H,7-8H2,1-3H3. The van der Waals surface area contributed by atoms with Crippen LogP contribution in [-0.4, -0.2) is 26.4 Å². The molecule has 1 atom stereocenters. The van der Waals surface area contributed by atoms with Crippen LogP contribution in [0.4, 0.5) is 4.39 Å². The van der Waals surface area contributed by atoms with Crippen LogP contribution in [0, 0.1) is 5.82 Å². The van der Waals surface area contributed by atoms with E-state index in [0.717, 1.165) is 24.2 Å². The Bertz CT molecular complexity index is 405. The maximum absolute atomic E-state index is 13.3. The summed E-state index contributed by atoms with van der Waals surface area (Å²) < 4.78 is 23.8. The third-order valence-corrected chi connectivity index (χ3v) is 3.57. The fourth-order valence-corrected chi connectivity index (χ4v) is 2.38. The van der Waals surface area contributed by atoms with Crippen molar-refractivity contribution in [3.63, 3.8) is 0 Å². The normalized spacial score (nSPS) is 24.4. The maximum Gasteiger partial charge on any atom is 0.123 e. The molecule has 1 aliphatic carbocycles. The summed E-state index contributed by atoms with van der Waals surface area (Å²) in [6.07, 6.45) is 2.39. The van der Waals surface area contributed by atoms with E-state index in [0.29, 0.717) is 12.1 Å². The summed E-state index contributed by atoms with van der Waals surface area (Å²) in [5.41, 5.74) is 0.860. The lowest BCUT2D eigenvalue weighted by molar-refractivity contribution is 0.0146. The Labute approximate surface area is 107 Å². The molecule has 1 unspecified atom stereocenters. The molecule has 0 aliphatic heterocycles. The minimum absolute atomic E-state index is 0.0680. The molecule has 1 aromatic carbocycles. The van der Waals surface area contributed by atoms with E-state index in [9.17, 15) is 4.39 Å². The summed E-state index contributed by atoms with van der Waals surface area (Å²) in [6.45, 7) is 2.03. The highest BCUT2D eigenvalue weighted by molar-refractivity contribution is 5.36. The molecular weight excluding hydrogens is 233 g/mol. The van der Waals surface area contributed by atoms with E-state index in [1.165, 1.54) is 12.1 Å². The van der Waals surface area contributed by atoms with Crippen LogP contribution in [0.3, 0.4) is 0 Å². The molecule has 3 nitrogen and oxygen atoms in total. The quantitative estimate of drug-likeness (QED) is 0.875. The van der Waals surface area contributed by atoms with Gasteiger partial charge in [0.1, 0.15) is 11.6 Å². The summed E-state index contributed by atoms with van der Waals surface area (Å²) in [4.78, 5) is 0. The topological polar surface area (TPSA) is 30.5 Å². The van der Waals surface area contributed by atoms with Crippen LogP contribution < -0.4 is 10.1 Å². The minimum atomic E-state index is -0.233. The van der Waals surface area contributed by atoms with Crippen molar-refractivity contribution in [1.29, 1.82) is 0 Å². The van der Waals surface area contributed by atoms with Gasteiger partial charge >= 0.3 is 0 Å². The van der Waals surface area contributed by atoms with Crippen LogP contribution in [0.1, 0.15) is 31.4 Å². The highest BCUT2D eigenvalue weighted by Gasteiger charge is 2.30. The molecule has 1 fully saturated rings. The Hall–Kier alpha value is -1.13. The second kappa shape index (κ2) is 5.67. The Morgan fingerprint density at radius 3 is 2.67 bits per heavy atom. The van der Waals surface area contributed by atoms with Crippen molar-refractivity contribution >= 4 is 0 Å². The zero-order chi connectivity index (χ0) is 13.1. The smallest absolute Gasteiger partial charge is 0.123 e. The summed E-state index contributed by atoms with van der Waals surface area (Å²) >= 11 is 0. The van der Waals surface area contributed by atoms with E-state index < -0.39 is 0 Å². The summed E-state index contributed by atoms with van der Waals surface area (Å²) in [7, 11) is 3.34. The molecule has 2 rings (SSSR count). The van der Waals surface area contributed by atoms with E-state index in [-0.39, 0.29) is 11.9 Å². The number of methoxy groups -OCH3 is 2. The Balaban J connectivity index is 2.00. The second-order valence-corrected chi connectivity index (χ2v) is 4.80. The third-order valence-electron chi connectivity index (χ3n) is 3.57. The van der Waals surface area contributed by atoms with Crippen molar-refractivity contribution in [2.24, 2.45) is 0 Å². The van der Waals surface area contributed by atoms with Gasteiger partial charge in [-0.25, -0.2) is 4.39 Å². The molecule has 0 heterocycles. The first-order valence-corrected chi connectivity index (χ1v) is 6.26. The molecule has 1 aromatic rings. The zero-order valence-corrected chi connectivity index (χ0v) is 11.1. The highest BCUT2D eigenvalue weighted by Crippen LogP contribution is 2.29. The first-order valence-electron chi connectivity index (χ1n) is 6.26. The average molecular weight is 253 g/mol. The third kappa shape index (κ3) is 2.82. The monoisotopic (exact) mass is 253 g/mol. The fraction of sp³-hybridized carbons (Fsp3) is 0.571. The lowest BCUT2D eigenvalue weighted by atomic mass is 9.88. The number of benzene rings is 1. The Kier molecular flexibility index (Phi) is 4.19. The summed E-state index contributed by atoms with van der Waals surface area (Å²) in [5.74, 6) is 0.488. The number of rotatable bonds is 5. The van der Waals surface area contributed by atoms with Gasteiger partial charge in [0.05, 0.1) is 13.2 Å². The average Bonchev–Trinajstić information content (AvgIpc) is 2.32. The minimum Gasteiger partial charge on any atom is -0.496 e. The van der Waals surface area contributed by atoms with Gasteiger partial charge in [0.2, 0.25) is 0 Å². The van der Waals surface area contributed by atoms with Crippen LogP contribution in [0.5, 0.6) is 5.75 Å². The molecule has 100 valence electrons. The lowest BCUT2D eigenvalue weighted by Crippen LogP contribution is -2.45. The van der Waals surface area contributed by atoms with Crippen LogP contribution in [0.25, 0.3) is 0 Å². The van der Waals surface area contributed by atoms with Crippen LogP contribution in [0.2, 0.25) is 0 Å². The maximum atomic E-state index is 13.3. The van der Waals surface area contributed by atoms with Crippen LogP contribution in [0.15, 0.2) is 18.2 Å². The van der Waals surface area contributed by atoms with Gasteiger partial charge in [-0.05, 0) is 38.0 Å². The molecule has 0 amide bonds.